The van der Waals surface area contributed by atoms with Gasteiger partial charge in [-0.3, -0.25) is 14.8 Å². The van der Waals surface area contributed by atoms with E-state index in [0.717, 1.165) is 38.2 Å². The number of likely N-dealkylation sites (tertiary alicyclic amines) is 1. The highest BCUT2D eigenvalue weighted by molar-refractivity contribution is 5.90. The largest absolute Gasteiger partial charge is 0.465 e. The van der Waals surface area contributed by atoms with Crippen molar-refractivity contribution in [1.82, 2.24) is 25.4 Å². The lowest BCUT2D eigenvalue weighted by atomic mass is 9.98. The van der Waals surface area contributed by atoms with Crippen molar-refractivity contribution in [2.24, 2.45) is 5.92 Å². The van der Waals surface area contributed by atoms with Crippen LogP contribution in [0.3, 0.4) is 0 Å². The van der Waals surface area contributed by atoms with Crippen molar-refractivity contribution in [2.75, 3.05) is 26.2 Å². The molecule has 1 fully saturated rings. The number of rotatable bonds is 6. The minimum Gasteiger partial charge on any atom is -0.465 e. The van der Waals surface area contributed by atoms with E-state index in [1.807, 2.05) is 18.2 Å². The topological polar surface area (TPSA) is 87.1 Å². The fraction of sp³-hybridized carbons (Fsp3) is 0.438. The highest BCUT2D eigenvalue weighted by Gasteiger charge is 2.20. The van der Waals surface area contributed by atoms with Crippen LogP contribution >= 0.6 is 0 Å². The molecule has 1 aliphatic rings. The molecule has 1 saturated heterocycles. The number of carbonyl (C=O) groups excluding carboxylic acids is 1. The van der Waals surface area contributed by atoms with Gasteiger partial charge in [0.1, 0.15) is 12.1 Å². The lowest BCUT2D eigenvalue weighted by Crippen LogP contribution is -2.41. The van der Waals surface area contributed by atoms with Gasteiger partial charge in [0, 0.05) is 19.6 Å². The second-order valence-corrected chi connectivity index (χ2v) is 5.73. The van der Waals surface area contributed by atoms with E-state index in [0.29, 0.717) is 12.5 Å². The van der Waals surface area contributed by atoms with Gasteiger partial charge in [-0.1, -0.05) is 6.08 Å². The maximum Gasteiger partial charge on any atom is 0.288 e. The van der Waals surface area contributed by atoms with Gasteiger partial charge >= 0.3 is 0 Å². The first-order valence-electron chi connectivity index (χ1n) is 7.87. The van der Waals surface area contributed by atoms with Gasteiger partial charge in [0.2, 0.25) is 5.82 Å². The number of H-pyrrole nitrogens is 1. The Labute approximate surface area is 134 Å². The Morgan fingerprint density at radius 2 is 2.52 bits per heavy atom. The summed E-state index contributed by atoms with van der Waals surface area (Å²) in [4.78, 5) is 18.1. The van der Waals surface area contributed by atoms with E-state index in [4.69, 9.17) is 4.42 Å². The van der Waals surface area contributed by atoms with Crippen molar-refractivity contribution in [3.8, 4) is 0 Å². The molecule has 0 saturated carbocycles. The lowest BCUT2D eigenvalue weighted by Gasteiger charge is -2.31. The van der Waals surface area contributed by atoms with Gasteiger partial charge in [-0.2, -0.15) is 5.10 Å². The molecule has 3 rings (SSSR count). The predicted molar refractivity (Wildman–Crippen MR) is 85.6 cm³/mol. The molecule has 0 unspecified atom stereocenters. The Kier molecular flexibility index (Phi) is 5.21. The maximum atomic E-state index is 11.9. The molecule has 2 N–H and O–H groups in total. The Hall–Kier alpha value is -2.41. The van der Waals surface area contributed by atoms with Crippen molar-refractivity contribution in [3.63, 3.8) is 0 Å². The van der Waals surface area contributed by atoms with Crippen LogP contribution in [0.4, 0.5) is 0 Å². The van der Waals surface area contributed by atoms with Crippen LogP contribution in [0.2, 0.25) is 0 Å². The van der Waals surface area contributed by atoms with Crippen molar-refractivity contribution < 1.29 is 9.21 Å². The summed E-state index contributed by atoms with van der Waals surface area (Å²) >= 11 is 0. The van der Waals surface area contributed by atoms with Crippen molar-refractivity contribution in [1.29, 1.82) is 0 Å². The lowest BCUT2D eigenvalue weighted by molar-refractivity contribution is 0.0925. The van der Waals surface area contributed by atoms with Gasteiger partial charge in [-0.15, -0.1) is 0 Å². The zero-order valence-electron chi connectivity index (χ0n) is 12.9. The van der Waals surface area contributed by atoms with Crippen molar-refractivity contribution in [3.05, 3.63) is 42.4 Å². The average molecular weight is 315 g/mol. The summed E-state index contributed by atoms with van der Waals surface area (Å²) in [5.74, 6) is 1.40. The Morgan fingerprint density at radius 3 is 3.30 bits per heavy atom. The van der Waals surface area contributed by atoms with Crippen LogP contribution in [0.15, 0.2) is 35.2 Å². The number of nitrogens with one attached hydrogen (secondary N) is 2. The van der Waals surface area contributed by atoms with Crippen LogP contribution in [0.5, 0.6) is 0 Å². The minimum atomic E-state index is -0.197. The first-order valence-corrected chi connectivity index (χ1v) is 7.87. The molecular formula is C16H21N5O2. The maximum absolute atomic E-state index is 11.9. The molecular weight excluding hydrogens is 294 g/mol. The summed E-state index contributed by atoms with van der Waals surface area (Å²) in [6.07, 6.45) is 9.41. The standard InChI is InChI=1S/C16H21N5O2/c22-16(15-18-12-19-20-15)17-10-13-4-1-7-21(11-13)8-2-5-14-6-3-9-23-14/h2-3,5-6,9,12-13H,1,4,7-8,10-11H2,(H,17,22)(H,18,19,20)/b5-2+/t13-/m0/s1. The van der Waals surface area contributed by atoms with Gasteiger partial charge in [0.15, 0.2) is 0 Å². The van der Waals surface area contributed by atoms with Crippen LogP contribution in [0.1, 0.15) is 29.2 Å². The number of aromatic nitrogens is 3. The molecule has 2 aromatic rings. The Bertz CT molecular complexity index is 621. The zero-order valence-corrected chi connectivity index (χ0v) is 12.9. The molecule has 1 amide bonds. The number of nitrogens with zero attached hydrogens (tertiary/aromatic N) is 3. The van der Waals surface area contributed by atoms with Gasteiger partial charge in [0.25, 0.3) is 5.91 Å². The van der Waals surface area contributed by atoms with Crippen LogP contribution < -0.4 is 5.32 Å². The van der Waals surface area contributed by atoms with E-state index in [1.54, 1.807) is 6.26 Å². The molecule has 1 atom stereocenters. The number of aromatic amines is 1. The van der Waals surface area contributed by atoms with Gasteiger partial charge in [0.05, 0.1) is 6.26 Å². The second kappa shape index (κ2) is 7.73. The third kappa shape index (κ3) is 4.53. The molecule has 7 heteroatoms. The van der Waals surface area contributed by atoms with Crippen LogP contribution in [0, 0.1) is 5.92 Å². The summed E-state index contributed by atoms with van der Waals surface area (Å²) in [6.45, 7) is 3.64. The smallest absolute Gasteiger partial charge is 0.288 e. The van der Waals surface area contributed by atoms with Crippen LogP contribution in [0.25, 0.3) is 6.08 Å². The van der Waals surface area contributed by atoms with E-state index in [-0.39, 0.29) is 11.7 Å². The summed E-state index contributed by atoms with van der Waals surface area (Å²) < 4.78 is 5.28. The number of hydrogen-bond acceptors (Lipinski definition) is 5. The van der Waals surface area contributed by atoms with E-state index in [1.165, 1.54) is 6.33 Å². The zero-order chi connectivity index (χ0) is 15.9. The monoisotopic (exact) mass is 315 g/mol. The fourth-order valence-corrected chi connectivity index (χ4v) is 2.82. The Morgan fingerprint density at radius 1 is 1.57 bits per heavy atom. The van der Waals surface area contributed by atoms with Crippen molar-refractivity contribution >= 4 is 12.0 Å². The van der Waals surface area contributed by atoms with Gasteiger partial charge in [-0.25, -0.2) is 4.98 Å². The molecule has 0 radical (unpaired) electrons. The van der Waals surface area contributed by atoms with Crippen LogP contribution in [-0.4, -0.2) is 52.2 Å². The fourth-order valence-electron chi connectivity index (χ4n) is 2.82. The molecule has 0 aromatic carbocycles. The number of amides is 1. The molecule has 23 heavy (non-hydrogen) atoms. The SMILES string of the molecule is O=C(NC[C@@H]1CCCN(C/C=C/c2ccco2)C1)c1ncn[nH]1. The molecule has 3 heterocycles. The van der Waals surface area contributed by atoms with E-state index < -0.39 is 0 Å². The summed E-state index contributed by atoms with van der Waals surface area (Å²) in [6, 6.07) is 3.82. The van der Waals surface area contributed by atoms with Crippen LogP contribution in [-0.2, 0) is 0 Å². The minimum absolute atomic E-state index is 0.197. The molecule has 0 bridgehead atoms. The van der Waals surface area contributed by atoms with Gasteiger partial charge < -0.3 is 9.73 Å². The predicted octanol–water partition coefficient (Wildman–Crippen LogP) is 1.55. The molecule has 122 valence electrons. The number of furan rings is 1. The summed E-state index contributed by atoms with van der Waals surface area (Å²) in [7, 11) is 0. The molecule has 0 spiro atoms. The van der Waals surface area contributed by atoms with E-state index in [9.17, 15) is 4.79 Å². The average Bonchev–Trinajstić information content (AvgIpc) is 3.26. The molecule has 1 aliphatic heterocycles. The normalized spacial score (nSPS) is 19.2. The molecule has 0 aliphatic carbocycles. The molecule has 7 nitrogen and oxygen atoms in total. The third-order valence-corrected chi connectivity index (χ3v) is 3.97. The van der Waals surface area contributed by atoms with Crippen molar-refractivity contribution in [2.45, 2.75) is 12.8 Å². The summed E-state index contributed by atoms with van der Waals surface area (Å²) in [5, 5.41) is 9.18. The Balaban J connectivity index is 1.42. The number of hydrogen-bond donors (Lipinski definition) is 2. The highest BCUT2D eigenvalue weighted by Crippen LogP contribution is 2.16. The number of carbonyl (C=O) groups is 1. The second-order valence-electron chi connectivity index (χ2n) is 5.73. The van der Waals surface area contributed by atoms with E-state index in [2.05, 4.69) is 31.5 Å². The summed E-state index contributed by atoms with van der Waals surface area (Å²) in [5.41, 5.74) is 0. The quantitative estimate of drug-likeness (QED) is 0.844. The first-order chi connectivity index (χ1) is 11.3. The first kappa shape index (κ1) is 15.5. The van der Waals surface area contributed by atoms with E-state index >= 15 is 0 Å². The third-order valence-electron chi connectivity index (χ3n) is 3.97. The molecule has 2 aromatic heterocycles. The van der Waals surface area contributed by atoms with Gasteiger partial charge in [-0.05, 0) is 43.5 Å². The highest BCUT2D eigenvalue weighted by atomic mass is 16.3. The number of piperidine rings is 1.